The number of aliphatic hydroxyl groups is 2. The van der Waals surface area contributed by atoms with E-state index in [0.29, 0.717) is 97.6 Å². The molecular weight excluding hydrogens is 1990 g/mol. The fourth-order valence-electron chi connectivity index (χ4n) is 15.1. The number of sulfone groups is 1. The van der Waals surface area contributed by atoms with Gasteiger partial charge in [-0.1, -0.05) is 30.3 Å². The van der Waals surface area contributed by atoms with Crippen molar-refractivity contribution in [3.8, 4) is 28.7 Å². The van der Waals surface area contributed by atoms with Crippen LogP contribution in [0.3, 0.4) is 0 Å². The van der Waals surface area contributed by atoms with Crippen LogP contribution in [0.15, 0.2) is 237 Å². The summed E-state index contributed by atoms with van der Waals surface area (Å²) in [5, 5.41) is 25.3. The van der Waals surface area contributed by atoms with Gasteiger partial charge in [-0.15, -0.1) is 40.6 Å². The van der Waals surface area contributed by atoms with Gasteiger partial charge in [0.15, 0.2) is 20.1 Å². The first-order valence-electron chi connectivity index (χ1n) is 41.6. The molecule has 0 spiro atoms. The minimum absolute atomic E-state index is 0.000506. The molecule has 3 aromatic heterocycles. The fourth-order valence-corrected chi connectivity index (χ4v) is 37.6. The molecule has 0 saturated heterocycles. The summed E-state index contributed by atoms with van der Waals surface area (Å²) in [4.78, 5) is 17.9. The van der Waals surface area contributed by atoms with Gasteiger partial charge in [-0.3, -0.25) is 0 Å². The summed E-state index contributed by atoms with van der Waals surface area (Å²) in [6, 6.07) is 37.8. The van der Waals surface area contributed by atoms with E-state index in [1.165, 1.54) is 159 Å². The molecule has 130 heavy (non-hydrogen) atoms. The van der Waals surface area contributed by atoms with Gasteiger partial charge in [0.2, 0.25) is 0 Å². The summed E-state index contributed by atoms with van der Waals surface area (Å²) in [5.74, 6) is 1.94. The number of aromatic nitrogens is 3. The van der Waals surface area contributed by atoms with E-state index in [0.717, 1.165) is 47.5 Å². The van der Waals surface area contributed by atoms with Crippen LogP contribution in [0.4, 0.5) is 83.9 Å². The first-order valence-corrected chi connectivity index (χ1v) is 57.7. The third-order valence-electron chi connectivity index (χ3n) is 21.7. The molecule has 3 aliphatic heterocycles. The Morgan fingerprint density at radius 1 is 0.508 bits per heavy atom. The molecule has 0 aliphatic carbocycles. The van der Waals surface area contributed by atoms with Gasteiger partial charge >= 0.3 is 127 Å². The van der Waals surface area contributed by atoms with Gasteiger partial charge in [-0.2, -0.15) is 39.5 Å². The average Bonchev–Trinajstić information content (AvgIpc) is 1.17. The van der Waals surface area contributed by atoms with Crippen LogP contribution < -0.4 is 47.0 Å². The minimum Gasteiger partial charge on any atom is -0.497 e. The summed E-state index contributed by atoms with van der Waals surface area (Å²) in [5.41, 5.74) is 2.81. The second kappa shape index (κ2) is 45.3. The molecule has 14 rings (SSSR count). The quantitative estimate of drug-likeness (QED) is 0.0216. The molecule has 11 aromatic rings. The van der Waals surface area contributed by atoms with Gasteiger partial charge < -0.3 is 48.6 Å². The Balaban J connectivity index is 0.000000174. The van der Waals surface area contributed by atoms with Crippen LogP contribution in [-0.4, -0.2) is 135 Å². The van der Waals surface area contributed by atoms with Gasteiger partial charge in [0.05, 0.1) is 114 Å². The SMILES string of the molecule is C=CCc1cc(C(F)(F)F)ccc1N1CCOc2cc(S(=O)(=O)N(Cc3ccc(OC)cc3)c3nccs3)ccc21.C=C[CH2][Sn]([CH2]CCC)([CH2]CCC)[CH2]CCC.COc1ccc(CN(c2nccs2)S(=O)(=O)c2ccc3c(c2)OCCN3c2ccc(C(F)(F)F)cc2Br)cc1.O=S(=O)(Cc1nccs1)c1ccc2c(c1)OCCN2c1ccc(C(F)(F)F)cc1CC(O)CO. The van der Waals surface area contributed by atoms with Crippen molar-refractivity contribution in [1.29, 1.82) is 0 Å². The van der Waals surface area contributed by atoms with E-state index in [4.69, 9.17) is 23.7 Å². The molecular formula is C92H100BrF9N8O13S6Sn. The fraction of sp³-hybridized carbons (Fsp3) is 0.337. The molecule has 0 saturated carbocycles. The van der Waals surface area contributed by atoms with Crippen LogP contribution in [-0.2, 0) is 80.1 Å². The van der Waals surface area contributed by atoms with Gasteiger partial charge in [0.25, 0.3) is 20.0 Å². The maximum atomic E-state index is 13.9. The van der Waals surface area contributed by atoms with Crippen molar-refractivity contribution >= 4 is 143 Å². The number of nitrogens with zero attached hydrogens (tertiary/aromatic N) is 8. The Bertz CT molecular complexity index is 5930. The van der Waals surface area contributed by atoms with Crippen LogP contribution >= 0.6 is 49.9 Å². The Kier molecular flexibility index (Phi) is 35.2. The molecule has 0 amide bonds. The van der Waals surface area contributed by atoms with Crippen molar-refractivity contribution in [2.24, 2.45) is 0 Å². The number of hydrogen-bond donors (Lipinski definition) is 2. The summed E-state index contributed by atoms with van der Waals surface area (Å²) in [7, 11) is -8.72. The predicted octanol–water partition coefficient (Wildman–Crippen LogP) is 23.3. The number of sulfonamides is 2. The topological polar surface area (TPSA) is 244 Å². The van der Waals surface area contributed by atoms with Crippen molar-refractivity contribution in [3.63, 3.8) is 0 Å². The zero-order chi connectivity index (χ0) is 93.8. The third kappa shape index (κ3) is 25.7. The van der Waals surface area contributed by atoms with E-state index in [-0.39, 0.29) is 82.0 Å². The molecule has 6 heterocycles. The van der Waals surface area contributed by atoms with E-state index >= 15 is 0 Å². The van der Waals surface area contributed by atoms with Crippen molar-refractivity contribution in [2.75, 3.05) is 83.6 Å². The number of anilines is 8. The van der Waals surface area contributed by atoms with Crippen molar-refractivity contribution in [3.05, 3.63) is 266 Å². The molecule has 696 valence electrons. The van der Waals surface area contributed by atoms with E-state index in [2.05, 4.69) is 70.9 Å². The molecule has 38 heteroatoms. The maximum Gasteiger partial charge on any atom is 0.416 e. The van der Waals surface area contributed by atoms with Crippen LogP contribution in [0.2, 0.25) is 17.7 Å². The number of ether oxygens (including phenoxy) is 5. The standard InChI is InChI=1S/C29H26F3N3O4S2.C26H21BrF3N3O4S2.C22H21F3N2O5S2.3C4H9.C3H5.Sn/c1-3-4-21-17-22(29(30,31)32)7-11-25(21)34-14-15-39-27-18-24(10-12-26(27)34)41(36,37)35(28-33-13-16-40-28)19-20-5-8-23(38-2)9-6-20;1-36-19-5-2-17(3-6-19)16-33(25-31-10-13-38-25)39(34,35)20-7-9-23-24(15-20)37-12-11-32(23)22-8-4-18(14-21(22)27)26(28,29)30;23-22(24,25)15-1-3-18(14(9-15)10-16(29)12-28)27-6-7-32-20-11-17(2-4-19(20)27)34(30,31)13-21-26-5-8-33-21;3*1-3-4-2;1-3-2;/h3,5-13,16-18H,1,4,14-15,19H2,2H3;2-10,13-15H,11-12,16H2,1H3;1-5,8-9,11,16,28-29H,6-7,10,12-13H2;3*1,3-4H2,2H3;3H,1-2H2;. The molecule has 3 aliphatic rings. The molecule has 0 bridgehead atoms. The Morgan fingerprint density at radius 2 is 0.892 bits per heavy atom. The van der Waals surface area contributed by atoms with Crippen LogP contribution in [0, 0.1) is 0 Å². The Morgan fingerprint density at radius 3 is 1.27 bits per heavy atom. The number of unbranched alkanes of at least 4 members (excludes halogenated alkanes) is 3. The number of halogens is 10. The Hall–Kier alpha value is -9.45. The molecule has 1 atom stereocenters. The van der Waals surface area contributed by atoms with E-state index in [1.54, 1.807) is 126 Å². The van der Waals surface area contributed by atoms with Crippen molar-refractivity contribution in [1.82, 2.24) is 15.0 Å². The van der Waals surface area contributed by atoms with Crippen molar-refractivity contribution in [2.45, 2.75) is 148 Å². The number of methoxy groups -OCH3 is 2. The second-order valence-electron chi connectivity index (χ2n) is 30.6. The Labute approximate surface area is 776 Å². The number of fused-ring (bicyclic) bond motifs is 3. The number of thiazole rings is 3. The van der Waals surface area contributed by atoms with Gasteiger partial charge in [0, 0.05) is 75.2 Å². The van der Waals surface area contributed by atoms with Gasteiger partial charge in [-0.05, 0) is 160 Å². The summed E-state index contributed by atoms with van der Waals surface area (Å²) < 4.78 is 237. The number of allylic oxidation sites excluding steroid dienone is 2. The maximum absolute atomic E-state index is 13.9. The number of alkyl halides is 9. The first-order chi connectivity index (χ1) is 62.0. The van der Waals surface area contributed by atoms with E-state index in [9.17, 15) is 75.0 Å². The van der Waals surface area contributed by atoms with E-state index in [1.807, 2.05) is 4.90 Å². The summed E-state index contributed by atoms with van der Waals surface area (Å²) in [6.45, 7) is 15.8. The molecule has 2 N–H and O–H groups in total. The molecule has 8 aromatic carbocycles. The predicted molar refractivity (Wildman–Crippen MR) is 499 cm³/mol. The zero-order valence-corrected chi connectivity index (χ0v) is 81.2. The van der Waals surface area contributed by atoms with Crippen LogP contribution in [0.1, 0.15) is 103 Å². The number of rotatable bonds is 34. The smallest absolute Gasteiger partial charge is 0.416 e. The normalized spacial score (nSPS) is 13.6. The molecule has 21 nitrogen and oxygen atoms in total. The second-order valence-corrected chi connectivity index (χ2v) is 53.9. The zero-order valence-electron chi connectivity index (χ0n) is 71.9. The summed E-state index contributed by atoms with van der Waals surface area (Å²) in [6.07, 6.45) is 2.28. The van der Waals surface area contributed by atoms with Gasteiger partial charge in [0.1, 0.15) is 59.3 Å². The molecule has 0 radical (unpaired) electrons. The first kappa shape index (κ1) is 101. The largest absolute Gasteiger partial charge is 0.497 e. The number of benzene rings is 8. The molecule has 0 fully saturated rings. The van der Waals surface area contributed by atoms with Gasteiger partial charge in [-0.25, -0.2) is 48.8 Å². The van der Waals surface area contributed by atoms with Crippen LogP contribution in [0.5, 0.6) is 28.7 Å². The average molecular weight is 2090 g/mol. The summed E-state index contributed by atoms with van der Waals surface area (Å²) >= 11 is 5.11. The third-order valence-corrected chi connectivity index (χ3v) is 45.6. The van der Waals surface area contributed by atoms with Crippen molar-refractivity contribution < 1.29 is 98.7 Å². The number of aliphatic hydroxyl groups excluding tert-OH is 2. The number of hydrogen-bond acceptors (Lipinski definition) is 22. The molecule has 1 unspecified atom stereocenters. The van der Waals surface area contributed by atoms with Crippen LogP contribution in [0.25, 0.3) is 0 Å². The monoisotopic (exact) mass is 2090 g/mol. The minimum atomic E-state index is -4.57. The van der Waals surface area contributed by atoms with E-state index < -0.39 is 96.2 Å².